The standard InChI is InChI=1S/C29H45N3O/c1-8-9-10-11-20-29(33)21(2)27(23-12-16-25(17-13-23)31(4)5)30-28(22(29)3)24-14-18-26(19-15-24)32(6)7/h12-19,21-22,27-28,30,33H,8-11,20H2,1-7H3/t21-,22+,27-,28-,29?/m1/s1. The lowest BCUT2D eigenvalue weighted by atomic mass is 9.64. The monoisotopic (exact) mass is 451 g/mol. The van der Waals surface area contributed by atoms with Crippen molar-refractivity contribution in [1.82, 2.24) is 5.32 Å². The normalized spacial score (nSPS) is 27.4. The molecule has 3 rings (SSSR count). The molecule has 2 aromatic rings. The zero-order chi connectivity index (χ0) is 24.2. The van der Waals surface area contributed by atoms with Gasteiger partial charge in [-0.25, -0.2) is 0 Å². The molecule has 5 atom stereocenters. The zero-order valence-corrected chi connectivity index (χ0v) is 21.8. The third-order valence-corrected chi connectivity index (χ3v) is 7.90. The topological polar surface area (TPSA) is 38.7 Å². The van der Waals surface area contributed by atoms with Crippen molar-refractivity contribution in [3.63, 3.8) is 0 Å². The summed E-state index contributed by atoms with van der Waals surface area (Å²) < 4.78 is 0. The Morgan fingerprint density at radius 1 is 0.727 bits per heavy atom. The molecule has 182 valence electrons. The van der Waals surface area contributed by atoms with Gasteiger partial charge >= 0.3 is 0 Å². The fraction of sp³-hybridized carbons (Fsp3) is 0.586. The van der Waals surface area contributed by atoms with E-state index < -0.39 is 5.60 Å². The maximum Gasteiger partial charge on any atom is 0.0734 e. The van der Waals surface area contributed by atoms with Crippen molar-refractivity contribution in [1.29, 1.82) is 0 Å². The van der Waals surface area contributed by atoms with E-state index in [0.717, 1.165) is 12.8 Å². The van der Waals surface area contributed by atoms with E-state index in [1.165, 1.54) is 41.8 Å². The van der Waals surface area contributed by atoms with Crippen LogP contribution in [0, 0.1) is 11.8 Å². The van der Waals surface area contributed by atoms with Crippen LogP contribution in [0.15, 0.2) is 48.5 Å². The third-order valence-electron chi connectivity index (χ3n) is 7.90. The second kappa shape index (κ2) is 10.9. The summed E-state index contributed by atoms with van der Waals surface area (Å²) in [6, 6.07) is 17.8. The SMILES string of the molecule is CCCCCCC1(O)[C@H](C)[C@H](c2ccc(N(C)C)cc2)N[C@@H](c2ccc(N(C)C)cc2)[C@@H]1C. The first kappa shape index (κ1) is 25.6. The van der Waals surface area contributed by atoms with Crippen LogP contribution in [0.25, 0.3) is 0 Å². The van der Waals surface area contributed by atoms with Gasteiger partial charge in [0, 0.05) is 63.5 Å². The Bertz CT molecular complexity index is 796. The minimum atomic E-state index is -0.714. The van der Waals surface area contributed by atoms with Gasteiger partial charge in [0.2, 0.25) is 0 Å². The first-order valence-electron chi connectivity index (χ1n) is 12.7. The molecule has 33 heavy (non-hydrogen) atoms. The predicted molar refractivity (Wildman–Crippen MR) is 142 cm³/mol. The van der Waals surface area contributed by atoms with Crippen LogP contribution in [0.3, 0.4) is 0 Å². The predicted octanol–water partition coefficient (Wildman–Crippen LogP) is 6.18. The summed E-state index contributed by atoms with van der Waals surface area (Å²) >= 11 is 0. The Morgan fingerprint density at radius 3 is 1.52 bits per heavy atom. The molecule has 1 saturated heterocycles. The second-order valence-corrected chi connectivity index (χ2v) is 10.5. The number of aliphatic hydroxyl groups is 1. The Morgan fingerprint density at radius 2 is 1.15 bits per heavy atom. The number of piperidine rings is 1. The van der Waals surface area contributed by atoms with Crippen molar-refractivity contribution in [3.05, 3.63) is 59.7 Å². The number of hydrogen-bond donors (Lipinski definition) is 2. The molecule has 4 nitrogen and oxygen atoms in total. The van der Waals surface area contributed by atoms with Crippen LogP contribution in [0.5, 0.6) is 0 Å². The fourth-order valence-corrected chi connectivity index (χ4v) is 5.49. The summed E-state index contributed by atoms with van der Waals surface area (Å²) in [5.74, 6) is 0.244. The lowest BCUT2D eigenvalue weighted by Crippen LogP contribution is -2.57. The Labute approximate surface area is 202 Å². The molecular formula is C29H45N3O. The Kier molecular flexibility index (Phi) is 8.47. The third kappa shape index (κ3) is 5.55. The van der Waals surface area contributed by atoms with Crippen LogP contribution in [-0.4, -0.2) is 38.9 Å². The molecule has 0 aromatic heterocycles. The molecule has 1 unspecified atom stereocenters. The van der Waals surface area contributed by atoms with Gasteiger partial charge in [0.25, 0.3) is 0 Å². The van der Waals surface area contributed by atoms with Crippen LogP contribution < -0.4 is 15.1 Å². The first-order chi connectivity index (χ1) is 15.7. The molecule has 1 aliphatic rings. The van der Waals surface area contributed by atoms with Crippen molar-refractivity contribution < 1.29 is 5.11 Å². The largest absolute Gasteiger partial charge is 0.389 e. The minimum Gasteiger partial charge on any atom is -0.389 e. The summed E-state index contributed by atoms with van der Waals surface area (Å²) in [6.45, 7) is 6.71. The average Bonchev–Trinajstić information content (AvgIpc) is 2.81. The van der Waals surface area contributed by atoms with Crippen molar-refractivity contribution in [2.24, 2.45) is 11.8 Å². The average molecular weight is 452 g/mol. The maximum absolute atomic E-state index is 12.2. The molecule has 2 aromatic carbocycles. The number of hydrogen-bond acceptors (Lipinski definition) is 4. The number of nitrogens with one attached hydrogen (secondary N) is 1. The highest BCUT2D eigenvalue weighted by molar-refractivity contribution is 5.48. The van der Waals surface area contributed by atoms with E-state index >= 15 is 0 Å². The zero-order valence-electron chi connectivity index (χ0n) is 21.8. The highest BCUT2D eigenvalue weighted by atomic mass is 16.3. The van der Waals surface area contributed by atoms with E-state index in [2.05, 4.69) is 113 Å². The first-order valence-corrected chi connectivity index (χ1v) is 12.7. The van der Waals surface area contributed by atoms with Crippen LogP contribution in [0.1, 0.15) is 76.1 Å². The number of anilines is 2. The number of benzene rings is 2. The van der Waals surface area contributed by atoms with E-state index in [1.807, 2.05) is 0 Å². The molecule has 4 heteroatoms. The summed E-state index contributed by atoms with van der Waals surface area (Å²) in [7, 11) is 8.28. The van der Waals surface area contributed by atoms with E-state index in [4.69, 9.17) is 0 Å². The van der Waals surface area contributed by atoms with Crippen LogP contribution in [0.4, 0.5) is 11.4 Å². The van der Waals surface area contributed by atoms with Gasteiger partial charge in [0.1, 0.15) is 0 Å². The molecule has 0 amide bonds. The molecule has 0 radical (unpaired) electrons. The number of nitrogens with zero attached hydrogens (tertiary/aromatic N) is 2. The van der Waals surface area contributed by atoms with Gasteiger partial charge < -0.3 is 20.2 Å². The highest BCUT2D eigenvalue weighted by Crippen LogP contribution is 2.49. The quantitative estimate of drug-likeness (QED) is 0.447. The fourth-order valence-electron chi connectivity index (χ4n) is 5.49. The van der Waals surface area contributed by atoms with E-state index in [-0.39, 0.29) is 23.9 Å². The van der Waals surface area contributed by atoms with Gasteiger partial charge in [-0.05, 0) is 41.8 Å². The molecular weight excluding hydrogens is 406 g/mol. The van der Waals surface area contributed by atoms with Gasteiger partial charge in [-0.3, -0.25) is 0 Å². The van der Waals surface area contributed by atoms with Crippen molar-refractivity contribution in [2.45, 2.75) is 70.6 Å². The van der Waals surface area contributed by atoms with E-state index in [1.54, 1.807) is 0 Å². The maximum atomic E-state index is 12.2. The molecule has 0 saturated carbocycles. The van der Waals surface area contributed by atoms with Gasteiger partial charge in [-0.2, -0.15) is 0 Å². The number of unbranched alkanes of at least 4 members (excludes halogenated alkanes) is 3. The summed E-state index contributed by atoms with van der Waals surface area (Å²) in [6.07, 6.45) is 5.58. The molecule has 0 spiro atoms. The van der Waals surface area contributed by atoms with Crippen LogP contribution in [-0.2, 0) is 0 Å². The molecule has 1 aliphatic heterocycles. The second-order valence-electron chi connectivity index (χ2n) is 10.5. The van der Waals surface area contributed by atoms with Crippen molar-refractivity contribution in [3.8, 4) is 0 Å². The van der Waals surface area contributed by atoms with E-state index in [0.29, 0.717) is 0 Å². The van der Waals surface area contributed by atoms with E-state index in [9.17, 15) is 5.11 Å². The molecule has 0 bridgehead atoms. The van der Waals surface area contributed by atoms with Gasteiger partial charge in [-0.15, -0.1) is 0 Å². The van der Waals surface area contributed by atoms with Gasteiger partial charge in [0.15, 0.2) is 0 Å². The Balaban J connectivity index is 1.95. The summed E-state index contributed by atoms with van der Waals surface area (Å²) in [4.78, 5) is 4.26. The summed E-state index contributed by atoms with van der Waals surface area (Å²) in [5, 5.41) is 16.2. The van der Waals surface area contributed by atoms with Crippen molar-refractivity contribution in [2.75, 3.05) is 38.0 Å². The molecule has 0 aliphatic carbocycles. The molecule has 2 N–H and O–H groups in total. The Hall–Kier alpha value is -2.04. The van der Waals surface area contributed by atoms with Gasteiger partial charge in [0.05, 0.1) is 5.60 Å². The summed E-state index contributed by atoms with van der Waals surface area (Å²) in [5.41, 5.74) is 4.18. The van der Waals surface area contributed by atoms with Crippen LogP contribution in [0.2, 0.25) is 0 Å². The van der Waals surface area contributed by atoms with Crippen molar-refractivity contribution >= 4 is 11.4 Å². The van der Waals surface area contributed by atoms with Crippen LogP contribution >= 0.6 is 0 Å². The molecule has 1 heterocycles. The number of rotatable bonds is 9. The molecule has 1 fully saturated rings. The lowest BCUT2D eigenvalue weighted by Gasteiger charge is -2.52. The smallest absolute Gasteiger partial charge is 0.0734 e. The minimum absolute atomic E-state index is 0.104. The highest BCUT2D eigenvalue weighted by Gasteiger charge is 2.50. The van der Waals surface area contributed by atoms with Gasteiger partial charge in [-0.1, -0.05) is 70.7 Å². The lowest BCUT2D eigenvalue weighted by molar-refractivity contribution is -0.117.